The lowest BCUT2D eigenvalue weighted by Gasteiger charge is -2.20. The van der Waals surface area contributed by atoms with Crippen LogP contribution in [0.5, 0.6) is 33.1 Å². The molecule has 4 heterocycles. The zero-order valence-electron chi connectivity index (χ0n) is 40.0. The van der Waals surface area contributed by atoms with E-state index in [2.05, 4.69) is 30.0 Å². The first-order valence-corrected chi connectivity index (χ1v) is 30.0. The van der Waals surface area contributed by atoms with Gasteiger partial charge in [0.1, 0.15) is 23.0 Å². The zero-order valence-corrected chi connectivity index (χ0v) is 45.0. The van der Waals surface area contributed by atoms with Crippen LogP contribution in [0.4, 0.5) is 0 Å². The van der Waals surface area contributed by atoms with E-state index in [0.29, 0.717) is 86.2 Å². The lowest BCUT2D eigenvalue weighted by atomic mass is 10.0. The molecule has 71 heavy (non-hydrogen) atoms. The summed E-state index contributed by atoms with van der Waals surface area (Å²) in [4.78, 5) is 32.2. The molecule has 1 aliphatic rings. The van der Waals surface area contributed by atoms with Crippen molar-refractivity contribution >= 4 is 62.6 Å². The van der Waals surface area contributed by atoms with E-state index in [0.717, 1.165) is 125 Å². The van der Waals surface area contributed by atoms with Crippen LogP contribution in [0.3, 0.4) is 0 Å². The number of aliphatic hydroxyl groups excluding tert-OH is 2. The Balaban J connectivity index is 1.22. The molecule has 1 aliphatic heterocycles. The van der Waals surface area contributed by atoms with Gasteiger partial charge in [0.05, 0.1) is 31.7 Å². The van der Waals surface area contributed by atoms with Crippen molar-refractivity contribution in [3.63, 3.8) is 0 Å². The second-order valence-corrected chi connectivity index (χ2v) is 22.8. The fourth-order valence-corrected chi connectivity index (χ4v) is 12.9. The molecule has 1 saturated heterocycles. The van der Waals surface area contributed by atoms with Gasteiger partial charge in [-0.05, 0) is 164 Å². The minimum atomic E-state index is -2.80. The van der Waals surface area contributed by atoms with Crippen LogP contribution in [-0.4, -0.2) is 82.9 Å². The first-order chi connectivity index (χ1) is 34.7. The molecule has 0 amide bonds. The van der Waals surface area contributed by atoms with Crippen molar-refractivity contribution in [1.29, 1.82) is 0 Å². The van der Waals surface area contributed by atoms with Gasteiger partial charge in [-0.3, -0.25) is 0 Å². The Kier molecular flexibility index (Phi) is 25.0. The molecule has 3 unspecified atom stereocenters. The minimum absolute atomic E-state index is 0.116. The Morgan fingerprint density at radius 1 is 0.606 bits per heavy atom. The summed E-state index contributed by atoms with van der Waals surface area (Å²) in [6.07, 6.45) is 12.5. The number of thioether (sulfide) groups is 1. The van der Waals surface area contributed by atoms with Gasteiger partial charge in [0.15, 0.2) is 5.06 Å². The second-order valence-electron chi connectivity index (χ2n) is 16.8. The van der Waals surface area contributed by atoms with Crippen molar-refractivity contribution in [1.82, 2.24) is 0 Å². The third-order valence-electron chi connectivity index (χ3n) is 11.4. The minimum Gasteiger partial charge on any atom is -0.493 e. The van der Waals surface area contributed by atoms with Crippen LogP contribution in [0.25, 0.3) is 31.3 Å². The number of ether oxygens (including phenoxy) is 4. The lowest BCUT2D eigenvalue weighted by Crippen LogP contribution is -2.06. The number of benzene rings is 2. The van der Waals surface area contributed by atoms with E-state index < -0.39 is 16.9 Å². The summed E-state index contributed by atoms with van der Waals surface area (Å²) in [5.41, 5.74) is 15.1. The molecule has 3 aromatic heterocycles. The highest BCUT2D eigenvalue weighted by Crippen LogP contribution is 2.52. The predicted octanol–water partition coefficient (Wildman–Crippen LogP) is 11.8. The Hall–Kier alpha value is -3.50. The van der Waals surface area contributed by atoms with Gasteiger partial charge in [0, 0.05) is 71.2 Å². The van der Waals surface area contributed by atoms with E-state index in [4.69, 9.17) is 39.5 Å². The van der Waals surface area contributed by atoms with Crippen LogP contribution >= 0.6 is 62.6 Å². The molecule has 14 nitrogen and oxygen atoms in total. The molecular formula is C51H67N2O12P2S4+. The van der Waals surface area contributed by atoms with Gasteiger partial charge in [0.2, 0.25) is 5.06 Å². The molecule has 5 aromatic rings. The van der Waals surface area contributed by atoms with Crippen LogP contribution in [0.1, 0.15) is 106 Å². The number of aliphatic hydroxyl groups is 2. The maximum atomic E-state index is 11.5. The molecular weight excluding hydrogens is 1020 g/mol. The quantitative estimate of drug-likeness (QED) is 0.0118. The third-order valence-corrected chi connectivity index (χ3v) is 17.0. The average Bonchev–Trinajstić information content (AvgIpc) is 4.21. The van der Waals surface area contributed by atoms with Crippen molar-refractivity contribution in [2.75, 3.05) is 52.7 Å². The van der Waals surface area contributed by atoms with E-state index >= 15 is 0 Å². The molecule has 0 saturated carbocycles. The molecule has 6 rings (SSSR count). The SMILES string of the molecule is NCCCCCOc1cc(-c2ccc(OP(O)O)s2)c(OCCCCCO)cc1-c1ccc(CC#CC2CCC(c3cc(OCCCCCO)c(-c4ccc(O[P+](=O)O)s4)cc3OCCCCCN)S2)s1. The number of rotatable bonds is 33. The second kappa shape index (κ2) is 31.3. The summed E-state index contributed by atoms with van der Waals surface area (Å²) in [6.45, 7) is 3.53. The van der Waals surface area contributed by atoms with E-state index in [9.17, 15) is 29.5 Å². The first kappa shape index (κ1) is 56.8. The van der Waals surface area contributed by atoms with Crippen molar-refractivity contribution in [2.24, 2.45) is 11.5 Å². The highest BCUT2D eigenvalue weighted by Gasteiger charge is 2.30. The smallest absolute Gasteiger partial charge is 0.493 e. The largest absolute Gasteiger partial charge is 0.748 e. The number of unbranched alkanes of at least 4 members (excludes halogenated alkanes) is 8. The molecule has 0 aliphatic carbocycles. The number of hydrogen-bond donors (Lipinski definition) is 7. The molecule has 0 spiro atoms. The van der Waals surface area contributed by atoms with Crippen LogP contribution in [-0.2, 0) is 11.0 Å². The molecule has 20 heteroatoms. The Labute approximate surface area is 436 Å². The fourth-order valence-electron chi connectivity index (χ4n) is 7.83. The van der Waals surface area contributed by atoms with Gasteiger partial charge in [-0.25, -0.2) is 4.52 Å². The van der Waals surface area contributed by atoms with E-state index in [1.165, 1.54) is 22.7 Å². The third kappa shape index (κ3) is 18.4. The van der Waals surface area contributed by atoms with E-state index in [1.807, 2.05) is 42.1 Å². The van der Waals surface area contributed by atoms with Crippen molar-refractivity contribution in [2.45, 2.75) is 107 Å². The van der Waals surface area contributed by atoms with Crippen molar-refractivity contribution < 1.29 is 57.5 Å². The molecule has 3 atom stereocenters. The van der Waals surface area contributed by atoms with Crippen molar-refractivity contribution in [3.8, 4) is 76.3 Å². The topological polar surface area (TPSA) is 226 Å². The van der Waals surface area contributed by atoms with Crippen LogP contribution < -0.4 is 39.5 Å². The Morgan fingerprint density at radius 3 is 1.65 bits per heavy atom. The number of thiophene rings is 3. The Morgan fingerprint density at radius 2 is 1.10 bits per heavy atom. The summed E-state index contributed by atoms with van der Waals surface area (Å²) >= 11 is 6.07. The predicted molar refractivity (Wildman–Crippen MR) is 290 cm³/mol. The van der Waals surface area contributed by atoms with Crippen LogP contribution in [0, 0.1) is 11.8 Å². The first-order valence-electron chi connectivity index (χ1n) is 24.3. The summed E-state index contributed by atoms with van der Waals surface area (Å²) in [5.74, 6) is 9.94. The molecule has 0 bridgehead atoms. The highest BCUT2D eigenvalue weighted by atomic mass is 32.2. The fraction of sp³-hybridized carbons (Fsp3) is 0.490. The molecule has 9 N–H and O–H groups in total. The maximum absolute atomic E-state index is 11.5. The summed E-state index contributed by atoms with van der Waals surface area (Å²) in [6, 6.07) is 19.5. The van der Waals surface area contributed by atoms with Gasteiger partial charge in [0.25, 0.3) is 0 Å². The molecule has 0 radical (unpaired) electrons. The van der Waals surface area contributed by atoms with E-state index in [1.54, 1.807) is 23.5 Å². The summed E-state index contributed by atoms with van der Waals surface area (Å²) in [5, 5.41) is 19.6. The van der Waals surface area contributed by atoms with Crippen molar-refractivity contribution in [3.05, 3.63) is 71.1 Å². The molecule has 386 valence electrons. The molecule has 1 fully saturated rings. The van der Waals surface area contributed by atoms with Gasteiger partial charge in [-0.15, -0.1) is 28.0 Å². The van der Waals surface area contributed by atoms with Gasteiger partial charge >= 0.3 is 16.9 Å². The number of nitrogens with two attached hydrogens (primary N) is 2. The number of hydrogen-bond acceptors (Lipinski definition) is 17. The molecule has 2 aromatic carbocycles. The lowest BCUT2D eigenvalue weighted by molar-refractivity contribution is 0.265. The normalized spacial score (nSPS) is 14.6. The highest BCUT2D eigenvalue weighted by molar-refractivity contribution is 8.00. The standard InChI is InChI=1S/C51H66N2O12P2S4/c52-24-5-1-9-28-60-42-34-40(48-20-22-50(70-48)64-66(56)57)44(62-30-11-3-7-26-54)32-38(42)46-18-16-36(68-46)14-13-15-37-17-19-47(69-37)39-33-45(63-31-12-4-8-27-55)41(35-43(39)61-29-10-2-6-25-53)49-21-23-51(71-49)65-67(58)59/h16,18,20-23,32-35,37,47,54-57H,1-12,14,17,19,24-31,52-53H2/p+1. The Bertz CT molecular complexity index is 2450. The van der Waals surface area contributed by atoms with Gasteiger partial charge < -0.3 is 54.9 Å². The van der Waals surface area contributed by atoms with Crippen LogP contribution in [0.2, 0.25) is 0 Å². The van der Waals surface area contributed by atoms with E-state index in [-0.39, 0.29) is 23.7 Å². The average molecular weight is 1090 g/mol. The maximum Gasteiger partial charge on any atom is 0.748 e. The van der Waals surface area contributed by atoms with Gasteiger partial charge in [-0.1, -0.05) is 34.5 Å². The summed E-state index contributed by atoms with van der Waals surface area (Å²) in [7, 11) is -5.37. The summed E-state index contributed by atoms with van der Waals surface area (Å²) < 4.78 is 47.8. The zero-order chi connectivity index (χ0) is 50.2. The monoisotopic (exact) mass is 1090 g/mol. The van der Waals surface area contributed by atoms with Gasteiger partial charge in [-0.2, -0.15) is 0 Å². The van der Waals surface area contributed by atoms with Crippen LogP contribution in [0.15, 0.2) is 60.7 Å².